The Hall–Kier alpha value is -4.36. The molecule has 0 amide bonds. The number of carbonyl (C=O) groups is 2. The molecular weight excluding hydrogens is 1020 g/mol. The summed E-state index contributed by atoms with van der Waals surface area (Å²) in [4.78, 5) is 35.6. The average Bonchev–Trinajstić information content (AvgIpc) is 3.17. The Morgan fingerprint density at radius 2 is 0.667 bits per heavy atom. The number of hydrogen-bond donors (Lipinski definition) is 4. The number of carboxylic acids is 2. The summed E-state index contributed by atoms with van der Waals surface area (Å²) < 4.78 is 1.82. The SMILES string of the molecule is CC(C)c1cccc(C(C)C)c1N=C(O)c1cc(Br)c2c3c(Br)cc(C(=O)O)c4c(C(=O)O)cc(Br)c(c5c(Br)cc(C(O)=Nc6c(C(C)C)cccc6C(C)C)c1c25)c43. The highest BCUT2D eigenvalue weighted by molar-refractivity contribution is 9.11. The molecule has 0 saturated carbocycles. The van der Waals surface area contributed by atoms with Crippen LogP contribution >= 0.6 is 63.7 Å². The summed E-state index contributed by atoms with van der Waals surface area (Å²) in [5.41, 5.74) is 5.41. The van der Waals surface area contributed by atoms with Gasteiger partial charge in [-0.1, -0.05) is 156 Å². The van der Waals surface area contributed by atoms with E-state index in [1.165, 1.54) is 12.1 Å². The van der Waals surface area contributed by atoms with Gasteiger partial charge in [-0.05, 0) is 70.2 Å². The smallest absolute Gasteiger partial charge is 0.336 e. The van der Waals surface area contributed by atoms with Crippen LogP contribution in [0.5, 0.6) is 0 Å². The summed E-state index contributed by atoms with van der Waals surface area (Å²) in [6, 6.07) is 18.4. The molecule has 0 fully saturated rings. The Bertz CT molecular complexity index is 2780. The molecule has 0 atom stereocenters. The third-order valence-electron chi connectivity index (χ3n) is 11.2. The predicted molar refractivity (Wildman–Crippen MR) is 259 cm³/mol. The highest BCUT2D eigenvalue weighted by Gasteiger charge is 2.31. The van der Waals surface area contributed by atoms with Crippen LogP contribution in [0.2, 0.25) is 0 Å². The van der Waals surface area contributed by atoms with Crippen LogP contribution in [0.25, 0.3) is 43.1 Å². The van der Waals surface area contributed by atoms with E-state index >= 15 is 0 Å². The maximum atomic E-state index is 12.8. The van der Waals surface area contributed by atoms with Gasteiger partial charge in [-0.25, -0.2) is 19.6 Å². The standard InChI is InChI=1S/C48H42Br4N2O6/c1-19(2)23-11-9-12-24(20(3)4)43(23)53-45(55)27-15-31(49)37-39-33(51)17-29(47(57)58)36-30(48(59)60)18-34(52)40(42(36)39)38-32(50)16-28(35(27)41(37)38)46(56)54-44-25(21(5)6)13-10-14-26(44)22(7)8/h9-22H,1-8H3,(H,53,55)(H,54,56)(H,57,58)(H,59,60). The molecule has 8 nitrogen and oxygen atoms in total. The second-order valence-corrected chi connectivity index (χ2v) is 19.7. The highest BCUT2D eigenvalue weighted by Crippen LogP contribution is 2.53. The average molecular weight is 1060 g/mol. The Morgan fingerprint density at radius 1 is 0.417 bits per heavy atom. The van der Waals surface area contributed by atoms with Gasteiger partial charge in [-0.15, -0.1) is 0 Å². The van der Waals surface area contributed by atoms with E-state index in [2.05, 4.69) is 119 Å². The number of aromatic carboxylic acids is 2. The normalized spacial score (nSPS) is 12.9. The molecule has 0 heterocycles. The Kier molecular flexibility index (Phi) is 12.0. The first-order valence-electron chi connectivity index (χ1n) is 19.5. The molecule has 7 aromatic rings. The number of benzene rings is 7. The summed E-state index contributed by atoms with van der Waals surface area (Å²) in [5.74, 6) is -2.78. The maximum Gasteiger partial charge on any atom is 0.336 e. The maximum absolute atomic E-state index is 12.8. The molecule has 60 heavy (non-hydrogen) atoms. The van der Waals surface area contributed by atoms with E-state index < -0.39 is 11.9 Å². The lowest BCUT2D eigenvalue weighted by Gasteiger charge is -2.23. The van der Waals surface area contributed by atoms with Gasteiger partial charge in [0.25, 0.3) is 0 Å². The van der Waals surface area contributed by atoms with Crippen LogP contribution < -0.4 is 0 Å². The molecule has 7 aromatic carbocycles. The van der Waals surface area contributed by atoms with Crippen molar-refractivity contribution in [2.75, 3.05) is 0 Å². The number of aliphatic hydroxyl groups excluding tert-OH is 2. The van der Waals surface area contributed by atoms with Gasteiger partial charge in [-0.3, -0.25) is 0 Å². The van der Waals surface area contributed by atoms with E-state index in [1.807, 2.05) is 36.4 Å². The number of hydrogen-bond acceptors (Lipinski definition) is 4. The second kappa shape index (κ2) is 16.5. The molecule has 0 aliphatic rings. The molecule has 0 aliphatic heterocycles. The molecule has 0 aromatic heterocycles. The molecule has 0 saturated heterocycles. The number of fused-ring (bicyclic) bond motifs is 2. The van der Waals surface area contributed by atoms with Crippen LogP contribution in [0.15, 0.2) is 88.5 Å². The number of rotatable bonds is 10. The molecule has 12 heteroatoms. The minimum Gasteiger partial charge on any atom is -0.493 e. The number of carboxylic acid groups (broad SMARTS) is 2. The van der Waals surface area contributed by atoms with Crippen molar-refractivity contribution in [3.63, 3.8) is 0 Å². The second-order valence-electron chi connectivity index (χ2n) is 16.3. The first-order chi connectivity index (χ1) is 28.3. The number of aliphatic imine (C=N–C) groups is 2. The lowest BCUT2D eigenvalue weighted by molar-refractivity contribution is 0.0695. The quantitative estimate of drug-likeness (QED) is 0.0466. The Labute approximate surface area is 381 Å². The van der Waals surface area contributed by atoms with Crippen LogP contribution in [0.3, 0.4) is 0 Å². The van der Waals surface area contributed by atoms with Crippen molar-refractivity contribution in [2.45, 2.75) is 79.1 Å². The first kappa shape index (κ1) is 43.7. The fourth-order valence-corrected chi connectivity index (χ4v) is 10.9. The van der Waals surface area contributed by atoms with Gasteiger partial charge in [0, 0.05) is 72.1 Å². The van der Waals surface area contributed by atoms with Gasteiger partial charge < -0.3 is 20.4 Å². The summed E-state index contributed by atoms with van der Waals surface area (Å²) in [5, 5.41) is 49.5. The molecule has 4 N–H and O–H groups in total. The number of nitrogens with zero attached hydrogens (tertiary/aromatic N) is 2. The highest BCUT2D eigenvalue weighted by atomic mass is 79.9. The van der Waals surface area contributed by atoms with Crippen LogP contribution in [-0.2, 0) is 0 Å². The van der Waals surface area contributed by atoms with Crippen LogP contribution in [0.1, 0.15) is 133 Å². The third kappa shape index (κ3) is 7.20. The fourth-order valence-electron chi connectivity index (χ4n) is 8.42. The van der Waals surface area contributed by atoms with Gasteiger partial charge in [0.1, 0.15) is 0 Å². The van der Waals surface area contributed by atoms with E-state index in [-0.39, 0.29) is 52.0 Å². The van der Waals surface area contributed by atoms with Gasteiger partial charge >= 0.3 is 11.9 Å². The summed E-state index contributed by atoms with van der Waals surface area (Å²) in [6.07, 6.45) is 0. The lowest BCUT2D eigenvalue weighted by Crippen LogP contribution is -2.10. The van der Waals surface area contributed by atoms with Crippen molar-refractivity contribution in [1.82, 2.24) is 0 Å². The van der Waals surface area contributed by atoms with E-state index in [9.17, 15) is 30.0 Å². The van der Waals surface area contributed by atoms with E-state index in [0.717, 1.165) is 22.3 Å². The Balaban J connectivity index is 1.76. The van der Waals surface area contributed by atoms with Crippen molar-refractivity contribution < 1.29 is 30.0 Å². The Morgan fingerprint density at radius 3 is 0.917 bits per heavy atom. The number of halogens is 4. The van der Waals surface area contributed by atoms with Crippen LogP contribution in [0.4, 0.5) is 11.4 Å². The van der Waals surface area contributed by atoms with Crippen molar-refractivity contribution in [1.29, 1.82) is 0 Å². The van der Waals surface area contributed by atoms with Crippen LogP contribution in [0, 0.1) is 0 Å². The van der Waals surface area contributed by atoms with E-state index in [1.54, 1.807) is 12.1 Å². The van der Waals surface area contributed by atoms with Gasteiger partial charge in [0.15, 0.2) is 0 Å². The van der Waals surface area contributed by atoms with Gasteiger partial charge in [-0.2, -0.15) is 0 Å². The monoisotopic (exact) mass is 1060 g/mol. The molecular formula is C48H42Br4N2O6. The van der Waals surface area contributed by atoms with Crippen molar-refractivity contribution in [2.24, 2.45) is 9.98 Å². The minimum atomic E-state index is -1.29. The van der Waals surface area contributed by atoms with Crippen molar-refractivity contribution in [3.05, 3.63) is 123 Å². The molecule has 7 rings (SSSR count). The van der Waals surface area contributed by atoms with Crippen molar-refractivity contribution >= 4 is 142 Å². The summed E-state index contributed by atoms with van der Waals surface area (Å²) in [6.45, 7) is 16.7. The molecule has 0 unspecified atom stereocenters. The van der Waals surface area contributed by atoms with Crippen LogP contribution in [-0.4, -0.2) is 44.2 Å². The number of para-hydroxylation sites is 2. The fraction of sp³-hybridized carbons (Fsp3) is 0.250. The van der Waals surface area contributed by atoms with Gasteiger partial charge in [0.05, 0.1) is 22.5 Å². The molecule has 0 radical (unpaired) electrons. The zero-order valence-electron chi connectivity index (χ0n) is 34.1. The molecule has 0 bridgehead atoms. The molecule has 0 aliphatic carbocycles. The number of aliphatic hydroxyl groups is 2. The summed E-state index contributed by atoms with van der Waals surface area (Å²) in [7, 11) is 0. The van der Waals surface area contributed by atoms with E-state index in [0.29, 0.717) is 78.1 Å². The zero-order chi connectivity index (χ0) is 43.8. The summed E-state index contributed by atoms with van der Waals surface area (Å²) >= 11 is 15.1. The van der Waals surface area contributed by atoms with E-state index in [4.69, 9.17) is 9.98 Å². The minimum absolute atomic E-state index is 0.0592. The lowest BCUT2D eigenvalue weighted by atomic mass is 9.84. The molecule has 0 spiro atoms. The van der Waals surface area contributed by atoms with Gasteiger partial charge in [0.2, 0.25) is 11.8 Å². The molecule has 308 valence electrons. The zero-order valence-corrected chi connectivity index (χ0v) is 40.4. The first-order valence-corrected chi connectivity index (χ1v) is 22.7. The van der Waals surface area contributed by atoms with Crippen molar-refractivity contribution in [3.8, 4) is 0 Å². The third-order valence-corrected chi connectivity index (χ3v) is 13.7. The predicted octanol–water partition coefficient (Wildman–Crippen LogP) is 15.9. The largest absolute Gasteiger partial charge is 0.493 e. The topological polar surface area (TPSA) is 140 Å².